The third-order valence-corrected chi connectivity index (χ3v) is 5.14. The fourth-order valence-electron chi connectivity index (χ4n) is 2.79. The van der Waals surface area contributed by atoms with Crippen LogP contribution < -0.4 is 20.1 Å². The van der Waals surface area contributed by atoms with Gasteiger partial charge in [0.2, 0.25) is 5.91 Å². The van der Waals surface area contributed by atoms with E-state index in [2.05, 4.69) is 15.6 Å². The topological polar surface area (TPSA) is 72.5 Å². The molecule has 0 spiro atoms. The Hall–Kier alpha value is -3.27. The zero-order chi connectivity index (χ0) is 22.4. The lowest BCUT2D eigenvalue weighted by atomic mass is 10.2. The van der Waals surface area contributed by atoms with Crippen LogP contribution in [-0.2, 0) is 11.2 Å². The smallest absolute Gasteiger partial charge is 0.405 e. The van der Waals surface area contributed by atoms with Gasteiger partial charge in [0.1, 0.15) is 11.6 Å². The molecule has 6 nitrogen and oxygen atoms in total. The Morgan fingerprint density at radius 1 is 1.06 bits per heavy atom. The molecule has 1 aromatic heterocycles. The van der Waals surface area contributed by atoms with Crippen LogP contribution in [0.4, 0.5) is 24.5 Å². The molecule has 2 aromatic carbocycles. The molecular weight excluding hydrogens is 431 g/mol. The predicted molar refractivity (Wildman–Crippen MR) is 114 cm³/mol. The van der Waals surface area contributed by atoms with Gasteiger partial charge >= 0.3 is 6.18 Å². The molecule has 0 radical (unpaired) electrons. The number of hydrogen-bond donors (Lipinski definition) is 2. The number of benzene rings is 2. The molecule has 31 heavy (non-hydrogen) atoms. The summed E-state index contributed by atoms with van der Waals surface area (Å²) in [7, 11) is 3.09. The number of rotatable bonds is 8. The number of carbonyl (C=O) groups is 1. The van der Waals surface area contributed by atoms with Gasteiger partial charge in [-0.2, -0.15) is 13.2 Å². The Labute approximate surface area is 181 Å². The van der Waals surface area contributed by atoms with Crippen LogP contribution in [0.1, 0.15) is 5.69 Å². The number of amides is 1. The SMILES string of the molecule is COc1ccc(-c2nc(CC(=O)Nc3ccccc3NCC(F)(F)F)cs2)cc1OC. The van der Waals surface area contributed by atoms with Crippen molar-refractivity contribution in [1.82, 2.24) is 4.98 Å². The minimum absolute atomic E-state index is 0.0165. The lowest BCUT2D eigenvalue weighted by Gasteiger charge is -2.14. The van der Waals surface area contributed by atoms with E-state index < -0.39 is 12.7 Å². The normalized spacial score (nSPS) is 11.1. The standard InChI is InChI=1S/C21H20F3N3O3S/c1-29-17-8-7-13(9-18(17)30-2)20-26-14(11-31-20)10-19(28)27-16-6-4-3-5-15(16)25-12-21(22,23)24/h3-9,11,25H,10,12H2,1-2H3,(H,27,28). The number of anilines is 2. The maximum absolute atomic E-state index is 12.5. The highest BCUT2D eigenvalue weighted by Crippen LogP contribution is 2.33. The summed E-state index contributed by atoms with van der Waals surface area (Å²) in [5.74, 6) is 0.781. The van der Waals surface area contributed by atoms with E-state index in [-0.39, 0.29) is 23.7 Å². The molecule has 0 aliphatic rings. The summed E-state index contributed by atoms with van der Waals surface area (Å²) in [5, 5.41) is 7.40. The molecule has 1 amide bonds. The van der Waals surface area contributed by atoms with Gasteiger partial charge in [-0.3, -0.25) is 4.79 Å². The van der Waals surface area contributed by atoms with Gasteiger partial charge < -0.3 is 20.1 Å². The number of hydrogen-bond acceptors (Lipinski definition) is 6. The van der Waals surface area contributed by atoms with Gasteiger partial charge in [-0.25, -0.2) is 4.98 Å². The first-order valence-corrected chi connectivity index (χ1v) is 10.0. The van der Waals surface area contributed by atoms with E-state index in [0.717, 1.165) is 5.56 Å². The lowest BCUT2D eigenvalue weighted by Crippen LogP contribution is -2.22. The quantitative estimate of drug-likeness (QED) is 0.505. The van der Waals surface area contributed by atoms with Gasteiger partial charge in [-0.1, -0.05) is 12.1 Å². The number of ether oxygens (including phenoxy) is 2. The molecule has 0 bridgehead atoms. The number of nitrogens with one attached hydrogen (secondary N) is 2. The Kier molecular flexibility index (Phi) is 7.01. The second kappa shape index (κ2) is 9.69. The summed E-state index contributed by atoms with van der Waals surface area (Å²) >= 11 is 1.37. The third kappa shape index (κ3) is 6.11. The summed E-state index contributed by atoms with van der Waals surface area (Å²) < 4.78 is 48.0. The second-order valence-electron chi connectivity index (χ2n) is 6.45. The van der Waals surface area contributed by atoms with E-state index in [1.807, 2.05) is 6.07 Å². The number of methoxy groups -OCH3 is 2. The predicted octanol–water partition coefficient (Wildman–Crippen LogP) is 4.98. The van der Waals surface area contributed by atoms with Gasteiger partial charge in [-0.05, 0) is 30.3 Å². The van der Waals surface area contributed by atoms with Crippen molar-refractivity contribution in [3.05, 3.63) is 53.5 Å². The van der Waals surface area contributed by atoms with Gasteiger partial charge in [0, 0.05) is 10.9 Å². The second-order valence-corrected chi connectivity index (χ2v) is 7.31. The minimum Gasteiger partial charge on any atom is -0.493 e. The van der Waals surface area contributed by atoms with Crippen molar-refractivity contribution in [2.75, 3.05) is 31.4 Å². The largest absolute Gasteiger partial charge is 0.493 e. The van der Waals surface area contributed by atoms with Gasteiger partial charge in [0.05, 0.1) is 37.7 Å². The molecule has 0 aliphatic carbocycles. The first kappa shape index (κ1) is 22.4. The monoisotopic (exact) mass is 451 g/mol. The van der Waals surface area contributed by atoms with Crippen molar-refractivity contribution in [3.63, 3.8) is 0 Å². The van der Waals surface area contributed by atoms with Crippen molar-refractivity contribution >= 4 is 28.6 Å². The molecule has 0 atom stereocenters. The molecule has 0 saturated heterocycles. The maximum Gasteiger partial charge on any atom is 0.405 e. The summed E-state index contributed by atoms with van der Waals surface area (Å²) in [6, 6.07) is 11.6. The van der Waals surface area contributed by atoms with Gasteiger partial charge in [0.25, 0.3) is 0 Å². The van der Waals surface area contributed by atoms with Gasteiger partial charge in [0.15, 0.2) is 11.5 Å². The van der Waals surface area contributed by atoms with E-state index in [0.29, 0.717) is 22.2 Å². The van der Waals surface area contributed by atoms with E-state index in [4.69, 9.17) is 9.47 Å². The molecule has 0 aliphatic heterocycles. The summed E-state index contributed by atoms with van der Waals surface area (Å²) in [6.45, 7) is -1.19. The molecule has 0 unspecified atom stereocenters. The molecule has 164 valence electrons. The number of halogens is 3. The molecule has 3 rings (SSSR count). The fourth-order valence-corrected chi connectivity index (χ4v) is 3.61. The summed E-state index contributed by atoms with van der Waals surface area (Å²) in [4.78, 5) is 16.9. The van der Waals surface area contributed by atoms with Crippen molar-refractivity contribution in [3.8, 4) is 22.1 Å². The van der Waals surface area contributed by atoms with E-state index in [9.17, 15) is 18.0 Å². The zero-order valence-corrected chi connectivity index (χ0v) is 17.6. The van der Waals surface area contributed by atoms with Crippen molar-refractivity contribution in [2.45, 2.75) is 12.6 Å². The summed E-state index contributed by atoms with van der Waals surface area (Å²) in [6.07, 6.45) is -4.38. The van der Waals surface area contributed by atoms with E-state index in [1.165, 1.54) is 23.5 Å². The van der Waals surface area contributed by atoms with Crippen LogP contribution in [0.15, 0.2) is 47.8 Å². The third-order valence-electron chi connectivity index (χ3n) is 4.20. The van der Waals surface area contributed by atoms with Crippen LogP contribution >= 0.6 is 11.3 Å². The highest BCUT2D eigenvalue weighted by molar-refractivity contribution is 7.13. The van der Waals surface area contributed by atoms with Crippen LogP contribution in [0.3, 0.4) is 0 Å². The number of alkyl halides is 3. The van der Waals surface area contributed by atoms with Crippen LogP contribution in [0.2, 0.25) is 0 Å². The Morgan fingerprint density at radius 3 is 2.45 bits per heavy atom. The molecule has 0 fully saturated rings. The lowest BCUT2D eigenvalue weighted by molar-refractivity contribution is -0.116. The fraction of sp³-hybridized carbons (Fsp3) is 0.238. The highest BCUT2D eigenvalue weighted by atomic mass is 32.1. The number of thiazole rings is 1. The van der Waals surface area contributed by atoms with Crippen molar-refractivity contribution in [1.29, 1.82) is 0 Å². The molecule has 0 saturated carbocycles. The number of para-hydroxylation sites is 2. The maximum atomic E-state index is 12.5. The molecule has 1 heterocycles. The number of aromatic nitrogens is 1. The number of nitrogens with zero attached hydrogens (tertiary/aromatic N) is 1. The molecule has 3 aromatic rings. The molecular formula is C21H20F3N3O3S. The Morgan fingerprint density at radius 2 is 1.77 bits per heavy atom. The summed E-state index contributed by atoms with van der Waals surface area (Å²) in [5.41, 5.74) is 1.83. The van der Waals surface area contributed by atoms with E-state index >= 15 is 0 Å². The zero-order valence-electron chi connectivity index (χ0n) is 16.7. The van der Waals surface area contributed by atoms with Crippen LogP contribution in [0, 0.1) is 0 Å². The van der Waals surface area contributed by atoms with E-state index in [1.54, 1.807) is 43.9 Å². The van der Waals surface area contributed by atoms with Crippen LogP contribution in [-0.4, -0.2) is 37.8 Å². The molecule has 2 N–H and O–H groups in total. The highest BCUT2D eigenvalue weighted by Gasteiger charge is 2.27. The average Bonchev–Trinajstić information content (AvgIpc) is 3.20. The van der Waals surface area contributed by atoms with Crippen LogP contribution in [0.25, 0.3) is 10.6 Å². The Bertz CT molecular complexity index is 1050. The Balaban J connectivity index is 1.67. The first-order valence-electron chi connectivity index (χ1n) is 9.15. The van der Waals surface area contributed by atoms with Crippen LogP contribution in [0.5, 0.6) is 11.5 Å². The number of carbonyl (C=O) groups excluding carboxylic acids is 1. The minimum atomic E-state index is -4.36. The first-order chi connectivity index (χ1) is 14.8. The van der Waals surface area contributed by atoms with Gasteiger partial charge in [-0.15, -0.1) is 11.3 Å². The average molecular weight is 451 g/mol. The van der Waals surface area contributed by atoms with Crippen molar-refractivity contribution < 1.29 is 27.4 Å². The van der Waals surface area contributed by atoms with Crippen molar-refractivity contribution in [2.24, 2.45) is 0 Å². The molecule has 10 heteroatoms.